The van der Waals surface area contributed by atoms with Crippen LogP contribution in [0.4, 0.5) is 5.69 Å². The molecule has 0 N–H and O–H groups in total. The summed E-state index contributed by atoms with van der Waals surface area (Å²) in [4.78, 5) is 11.2. The molecular weight excluding hydrogens is 439 g/mol. The molecule has 0 radical (unpaired) electrons. The maximum atomic E-state index is 6.09. The predicted molar refractivity (Wildman–Crippen MR) is 126 cm³/mol. The molecule has 8 heteroatoms. The first-order valence-electron chi connectivity index (χ1n) is 9.54. The summed E-state index contributed by atoms with van der Waals surface area (Å²) < 4.78 is 10.4. The molecule has 0 amide bonds. The maximum absolute atomic E-state index is 6.09. The third-order valence-electron chi connectivity index (χ3n) is 4.68. The minimum Gasteiger partial charge on any atom is -0.430 e. The van der Waals surface area contributed by atoms with Crippen LogP contribution in [0.25, 0.3) is 0 Å². The van der Waals surface area contributed by atoms with E-state index >= 15 is 0 Å². The van der Waals surface area contributed by atoms with Gasteiger partial charge in [0.2, 0.25) is 0 Å². The van der Waals surface area contributed by atoms with E-state index in [4.69, 9.17) is 27.9 Å². The Hall–Kier alpha value is -2.15. The van der Waals surface area contributed by atoms with Crippen molar-refractivity contribution in [2.24, 2.45) is 4.99 Å². The lowest BCUT2D eigenvalue weighted by Crippen LogP contribution is -2.24. The van der Waals surface area contributed by atoms with Crippen molar-refractivity contribution in [3.05, 3.63) is 62.9 Å². The van der Waals surface area contributed by atoms with Crippen molar-refractivity contribution in [2.75, 3.05) is 7.05 Å². The molecule has 0 aliphatic rings. The van der Waals surface area contributed by atoms with Gasteiger partial charge in [0.25, 0.3) is 5.19 Å². The Morgan fingerprint density at radius 2 is 1.90 bits per heavy atom. The molecule has 0 bridgehead atoms. The first-order valence-corrected chi connectivity index (χ1v) is 11.1. The zero-order valence-corrected chi connectivity index (χ0v) is 19.9. The molecule has 2 aromatic carbocycles. The summed E-state index contributed by atoms with van der Waals surface area (Å²) in [6.45, 7) is 8.26. The molecule has 5 nitrogen and oxygen atoms in total. The highest BCUT2D eigenvalue weighted by atomic mass is 35.5. The van der Waals surface area contributed by atoms with Crippen LogP contribution < -0.4 is 4.74 Å². The molecule has 0 saturated heterocycles. The fourth-order valence-corrected chi connectivity index (χ4v) is 3.47. The second-order valence-corrected chi connectivity index (χ2v) is 8.94. The van der Waals surface area contributed by atoms with Crippen LogP contribution in [0.3, 0.4) is 0 Å². The van der Waals surface area contributed by atoms with Gasteiger partial charge in [0, 0.05) is 31.0 Å². The highest BCUT2D eigenvalue weighted by molar-refractivity contribution is 7.07. The Kier molecular flexibility index (Phi) is 7.34. The number of ether oxygens (including phenoxy) is 1. The first kappa shape index (κ1) is 22.5. The molecule has 0 fully saturated rings. The average molecular weight is 463 g/mol. The van der Waals surface area contributed by atoms with Crippen LogP contribution in [-0.2, 0) is 6.42 Å². The number of hydrogen-bond acceptors (Lipinski definition) is 5. The molecule has 3 rings (SSSR count). The lowest BCUT2D eigenvalue weighted by Gasteiger charge is -2.17. The Balaban J connectivity index is 1.72. The van der Waals surface area contributed by atoms with Gasteiger partial charge in [-0.3, -0.25) is 0 Å². The van der Waals surface area contributed by atoms with Gasteiger partial charge < -0.3 is 9.64 Å². The Morgan fingerprint density at radius 3 is 2.60 bits per heavy atom. The van der Waals surface area contributed by atoms with Crippen molar-refractivity contribution in [2.45, 2.75) is 40.2 Å². The van der Waals surface area contributed by atoms with Crippen molar-refractivity contribution >= 4 is 46.8 Å². The van der Waals surface area contributed by atoms with Crippen LogP contribution in [-0.4, -0.2) is 33.7 Å². The van der Waals surface area contributed by atoms with Crippen LogP contribution in [0.5, 0.6) is 10.9 Å². The minimum atomic E-state index is 0.397. The highest BCUT2D eigenvalue weighted by Gasteiger charge is 2.12. The molecule has 1 aromatic heterocycles. The van der Waals surface area contributed by atoms with Gasteiger partial charge in [0.1, 0.15) is 5.75 Å². The van der Waals surface area contributed by atoms with Gasteiger partial charge in [-0.15, -0.1) is 0 Å². The van der Waals surface area contributed by atoms with Crippen molar-refractivity contribution in [1.29, 1.82) is 0 Å². The Labute approximate surface area is 191 Å². The summed E-state index contributed by atoms with van der Waals surface area (Å²) in [6, 6.07) is 9.92. The van der Waals surface area contributed by atoms with E-state index in [1.807, 2.05) is 51.5 Å². The summed E-state index contributed by atoms with van der Waals surface area (Å²) in [7, 11) is 2.01. The molecular formula is C22H24Cl2N4OS. The lowest BCUT2D eigenvalue weighted by atomic mass is 10.1. The fourth-order valence-electron chi connectivity index (χ4n) is 2.59. The van der Waals surface area contributed by atoms with E-state index in [1.54, 1.807) is 6.07 Å². The van der Waals surface area contributed by atoms with Crippen molar-refractivity contribution in [3.8, 4) is 10.9 Å². The molecule has 1 heterocycles. The van der Waals surface area contributed by atoms with E-state index in [2.05, 4.69) is 33.1 Å². The molecule has 0 atom stereocenters. The van der Waals surface area contributed by atoms with Gasteiger partial charge in [0.15, 0.2) is 5.82 Å². The number of benzene rings is 2. The fraction of sp³-hybridized carbons (Fsp3) is 0.318. The van der Waals surface area contributed by atoms with Gasteiger partial charge in [-0.25, -0.2) is 4.99 Å². The lowest BCUT2D eigenvalue weighted by molar-refractivity contribution is 0.429. The molecule has 30 heavy (non-hydrogen) atoms. The number of aliphatic imine (C=N–C) groups is 1. The monoisotopic (exact) mass is 462 g/mol. The largest absolute Gasteiger partial charge is 0.430 e. The van der Waals surface area contributed by atoms with E-state index in [0.717, 1.165) is 28.1 Å². The van der Waals surface area contributed by atoms with Crippen molar-refractivity contribution < 1.29 is 4.74 Å². The summed E-state index contributed by atoms with van der Waals surface area (Å²) in [5.41, 5.74) is 3.94. The predicted octanol–water partition coefficient (Wildman–Crippen LogP) is 6.84. The van der Waals surface area contributed by atoms with Gasteiger partial charge in [-0.05, 0) is 68.7 Å². The number of aromatic nitrogens is 2. The van der Waals surface area contributed by atoms with Crippen LogP contribution in [0, 0.1) is 13.8 Å². The van der Waals surface area contributed by atoms with E-state index in [1.165, 1.54) is 11.5 Å². The van der Waals surface area contributed by atoms with E-state index in [0.29, 0.717) is 33.5 Å². The van der Waals surface area contributed by atoms with Gasteiger partial charge in [-0.2, -0.15) is 9.36 Å². The third kappa shape index (κ3) is 5.72. The molecule has 0 aliphatic heterocycles. The number of nitrogens with zero attached hydrogens (tertiary/aromatic N) is 4. The second kappa shape index (κ2) is 9.77. The van der Waals surface area contributed by atoms with Crippen LogP contribution in [0.2, 0.25) is 10.0 Å². The van der Waals surface area contributed by atoms with Gasteiger partial charge >= 0.3 is 0 Å². The maximum Gasteiger partial charge on any atom is 0.298 e. The van der Waals surface area contributed by atoms with Crippen LogP contribution in [0.15, 0.2) is 35.3 Å². The van der Waals surface area contributed by atoms with E-state index < -0.39 is 0 Å². The zero-order valence-electron chi connectivity index (χ0n) is 17.6. The highest BCUT2D eigenvalue weighted by Crippen LogP contribution is 2.32. The number of hydrogen-bond donors (Lipinski definition) is 0. The quantitative estimate of drug-likeness (QED) is 0.284. The van der Waals surface area contributed by atoms with E-state index in [-0.39, 0.29) is 0 Å². The molecule has 3 aromatic rings. The molecule has 0 spiro atoms. The standard InChI is InChI=1S/C22H24Cl2N4OS/c1-13(2)28(5)12-25-19-8-15(4)20(9-14(19)3)29-22-26-21(27-30-22)11-16-6-7-17(23)18(24)10-16/h6-10,12-13H,11H2,1-5H3/b25-12-. The first-order chi connectivity index (χ1) is 14.2. The Bertz CT molecular complexity index is 1070. The smallest absolute Gasteiger partial charge is 0.298 e. The number of rotatable bonds is 7. The summed E-state index contributed by atoms with van der Waals surface area (Å²) >= 11 is 13.3. The average Bonchev–Trinajstić information content (AvgIpc) is 3.12. The molecule has 158 valence electrons. The minimum absolute atomic E-state index is 0.397. The van der Waals surface area contributed by atoms with Crippen LogP contribution in [0.1, 0.15) is 36.4 Å². The number of aryl methyl sites for hydroxylation is 2. The van der Waals surface area contributed by atoms with Crippen molar-refractivity contribution in [1.82, 2.24) is 14.3 Å². The summed E-state index contributed by atoms with van der Waals surface area (Å²) in [5.74, 6) is 1.43. The second-order valence-electron chi connectivity index (χ2n) is 7.41. The van der Waals surface area contributed by atoms with E-state index in [9.17, 15) is 0 Å². The van der Waals surface area contributed by atoms with Gasteiger partial charge in [-0.1, -0.05) is 29.3 Å². The van der Waals surface area contributed by atoms with Gasteiger partial charge in [0.05, 0.1) is 22.1 Å². The number of halogens is 2. The SMILES string of the molecule is Cc1cc(Oc2nc(Cc3ccc(Cl)c(Cl)c3)ns2)c(C)cc1/N=C\N(C)C(C)C. The molecule has 0 aliphatic carbocycles. The molecule has 0 saturated carbocycles. The summed E-state index contributed by atoms with van der Waals surface area (Å²) in [6.07, 6.45) is 2.42. The third-order valence-corrected chi connectivity index (χ3v) is 6.05. The van der Waals surface area contributed by atoms with Crippen molar-refractivity contribution in [3.63, 3.8) is 0 Å². The normalized spacial score (nSPS) is 11.5. The topological polar surface area (TPSA) is 50.6 Å². The van der Waals surface area contributed by atoms with Crippen LogP contribution >= 0.6 is 34.7 Å². The summed E-state index contributed by atoms with van der Waals surface area (Å²) in [5, 5.41) is 1.56. The molecule has 0 unspecified atom stereocenters. The zero-order chi connectivity index (χ0) is 21.8. The Morgan fingerprint density at radius 1 is 1.13 bits per heavy atom.